The molecule has 0 aliphatic carbocycles. The maximum Gasteiger partial charge on any atom is 0.107 e. The minimum atomic E-state index is 0.422. The van der Waals surface area contributed by atoms with E-state index >= 15 is 0 Å². The van der Waals surface area contributed by atoms with Crippen LogP contribution in [-0.2, 0) is 4.74 Å². The van der Waals surface area contributed by atoms with Gasteiger partial charge >= 0.3 is 0 Å². The fourth-order valence-corrected chi connectivity index (χ4v) is 2.63. The van der Waals surface area contributed by atoms with Crippen molar-refractivity contribution < 1.29 is 4.74 Å². The molecule has 0 heterocycles. The highest BCUT2D eigenvalue weighted by molar-refractivity contribution is 7.98. The Labute approximate surface area is 131 Å². The van der Waals surface area contributed by atoms with Crippen molar-refractivity contribution in [3.63, 3.8) is 0 Å². The minimum absolute atomic E-state index is 0.422. The fourth-order valence-electron chi connectivity index (χ4n) is 1.71. The van der Waals surface area contributed by atoms with Crippen molar-refractivity contribution >= 4 is 34.7 Å². The predicted octanol–water partition coefficient (Wildman–Crippen LogP) is 2.03. The SMILES string of the molecule is CSc1cccc(NCCOCCN(C)C)c1C(N)=S. The van der Waals surface area contributed by atoms with Crippen molar-refractivity contribution in [1.82, 2.24) is 4.90 Å². The van der Waals surface area contributed by atoms with E-state index in [9.17, 15) is 0 Å². The lowest BCUT2D eigenvalue weighted by atomic mass is 10.1. The van der Waals surface area contributed by atoms with Crippen LogP contribution in [0.2, 0.25) is 0 Å². The second kappa shape index (κ2) is 9.18. The molecule has 0 aliphatic rings. The number of nitrogens with two attached hydrogens (primary N) is 1. The molecule has 0 aliphatic heterocycles. The van der Waals surface area contributed by atoms with Gasteiger partial charge in [-0.25, -0.2) is 0 Å². The Kier molecular flexibility index (Phi) is 7.91. The van der Waals surface area contributed by atoms with E-state index in [0.717, 1.165) is 35.8 Å². The normalized spacial score (nSPS) is 10.8. The van der Waals surface area contributed by atoms with Crippen LogP contribution < -0.4 is 11.1 Å². The van der Waals surface area contributed by atoms with E-state index in [1.807, 2.05) is 38.6 Å². The van der Waals surface area contributed by atoms with Gasteiger partial charge in [-0.15, -0.1) is 11.8 Å². The van der Waals surface area contributed by atoms with Crippen LogP contribution >= 0.6 is 24.0 Å². The molecule has 3 N–H and O–H groups in total. The summed E-state index contributed by atoms with van der Waals surface area (Å²) in [6.07, 6.45) is 2.02. The molecule has 0 atom stereocenters. The summed E-state index contributed by atoms with van der Waals surface area (Å²) >= 11 is 6.78. The molecular weight excluding hydrogens is 290 g/mol. The van der Waals surface area contributed by atoms with Crippen LogP contribution in [0.5, 0.6) is 0 Å². The lowest BCUT2D eigenvalue weighted by Crippen LogP contribution is -2.20. The van der Waals surface area contributed by atoms with Gasteiger partial charge in [-0.1, -0.05) is 18.3 Å². The van der Waals surface area contributed by atoms with E-state index in [2.05, 4.69) is 10.2 Å². The van der Waals surface area contributed by atoms with E-state index < -0.39 is 0 Å². The van der Waals surface area contributed by atoms with Crippen molar-refractivity contribution in [2.75, 3.05) is 52.0 Å². The molecular formula is C14H23N3OS2. The van der Waals surface area contributed by atoms with Gasteiger partial charge in [0.1, 0.15) is 4.99 Å². The molecule has 0 spiro atoms. The monoisotopic (exact) mass is 313 g/mol. The molecule has 1 aromatic carbocycles. The first-order valence-corrected chi connectivity index (χ1v) is 8.12. The lowest BCUT2D eigenvalue weighted by molar-refractivity contribution is 0.126. The van der Waals surface area contributed by atoms with Crippen LogP contribution in [0.15, 0.2) is 23.1 Å². The largest absolute Gasteiger partial charge is 0.389 e. The Balaban J connectivity index is 2.49. The third-order valence-corrected chi connectivity index (χ3v) is 3.72. The first-order chi connectivity index (χ1) is 9.56. The minimum Gasteiger partial charge on any atom is -0.389 e. The van der Waals surface area contributed by atoms with Crippen LogP contribution in [0.3, 0.4) is 0 Å². The summed E-state index contributed by atoms with van der Waals surface area (Å²) in [6, 6.07) is 6.02. The highest BCUT2D eigenvalue weighted by atomic mass is 32.2. The summed E-state index contributed by atoms with van der Waals surface area (Å²) in [5.41, 5.74) is 7.71. The summed E-state index contributed by atoms with van der Waals surface area (Å²) in [7, 11) is 4.06. The van der Waals surface area contributed by atoms with Gasteiger partial charge in [-0.05, 0) is 32.5 Å². The number of rotatable bonds is 9. The second-order valence-corrected chi connectivity index (χ2v) is 5.88. The highest BCUT2D eigenvalue weighted by Crippen LogP contribution is 2.26. The topological polar surface area (TPSA) is 50.5 Å². The number of anilines is 1. The zero-order valence-corrected chi connectivity index (χ0v) is 13.9. The highest BCUT2D eigenvalue weighted by Gasteiger charge is 2.09. The molecule has 6 heteroatoms. The Hall–Kier alpha value is -0.820. The summed E-state index contributed by atoms with van der Waals surface area (Å²) in [5.74, 6) is 0. The van der Waals surface area contributed by atoms with Gasteiger partial charge in [0, 0.05) is 29.2 Å². The van der Waals surface area contributed by atoms with Crippen molar-refractivity contribution in [2.24, 2.45) is 5.73 Å². The second-order valence-electron chi connectivity index (χ2n) is 4.59. The number of nitrogens with zero attached hydrogens (tertiary/aromatic N) is 1. The summed E-state index contributed by atoms with van der Waals surface area (Å²) in [4.78, 5) is 3.61. The standard InChI is InChI=1S/C14H23N3OS2/c1-17(2)8-10-18-9-7-16-11-5-4-6-12(20-3)13(11)14(15)19/h4-6,16H,7-10H2,1-3H3,(H2,15,19). The molecule has 0 radical (unpaired) electrons. The van der Waals surface area contributed by atoms with Crippen molar-refractivity contribution in [3.8, 4) is 0 Å². The number of nitrogens with one attached hydrogen (secondary N) is 1. The van der Waals surface area contributed by atoms with Crippen molar-refractivity contribution in [1.29, 1.82) is 0 Å². The van der Waals surface area contributed by atoms with Crippen LogP contribution in [0.4, 0.5) is 5.69 Å². The Bertz CT molecular complexity index is 438. The van der Waals surface area contributed by atoms with Crippen molar-refractivity contribution in [2.45, 2.75) is 4.90 Å². The molecule has 0 saturated carbocycles. The molecule has 0 unspecified atom stereocenters. The molecule has 20 heavy (non-hydrogen) atoms. The predicted molar refractivity (Wildman–Crippen MR) is 92.0 cm³/mol. The maximum atomic E-state index is 5.82. The quantitative estimate of drug-likeness (QED) is 0.413. The van der Waals surface area contributed by atoms with Gasteiger partial charge in [0.05, 0.1) is 13.2 Å². The van der Waals surface area contributed by atoms with Gasteiger partial charge in [0.25, 0.3) is 0 Å². The van der Waals surface area contributed by atoms with E-state index in [1.165, 1.54) is 0 Å². The number of thiocarbonyl (C=S) groups is 1. The first kappa shape index (κ1) is 17.2. The molecule has 4 nitrogen and oxygen atoms in total. The molecule has 112 valence electrons. The summed E-state index contributed by atoms with van der Waals surface area (Å²) < 4.78 is 5.55. The average Bonchev–Trinajstić information content (AvgIpc) is 2.41. The third-order valence-electron chi connectivity index (χ3n) is 2.74. The number of benzene rings is 1. The zero-order chi connectivity index (χ0) is 15.0. The molecule has 0 bridgehead atoms. The average molecular weight is 313 g/mol. The number of hydrogen-bond donors (Lipinski definition) is 2. The van der Waals surface area contributed by atoms with Gasteiger partial charge in [-0.2, -0.15) is 0 Å². The van der Waals surface area contributed by atoms with Gasteiger partial charge < -0.3 is 20.7 Å². The lowest BCUT2D eigenvalue weighted by Gasteiger charge is -2.15. The maximum absolute atomic E-state index is 5.82. The smallest absolute Gasteiger partial charge is 0.107 e. The number of thioether (sulfide) groups is 1. The molecule has 1 rings (SSSR count). The Morgan fingerprint density at radius 2 is 2.15 bits per heavy atom. The van der Waals surface area contributed by atoms with Gasteiger partial charge in [0.2, 0.25) is 0 Å². The molecule has 0 aromatic heterocycles. The fraction of sp³-hybridized carbons (Fsp3) is 0.500. The van der Waals surface area contributed by atoms with Crippen molar-refractivity contribution in [3.05, 3.63) is 23.8 Å². The third kappa shape index (κ3) is 5.66. The number of likely N-dealkylation sites (N-methyl/N-ethyl adjacent to an activating group) is 1. The summed E-state index contributed by atoms with van der Waals surface area (Å²) in [5, 5.41) is 3.34. The van der Waals surface area contributed by atoms with E-state index in [-0.39, 0.29) is 0 Å². The Morgan fingerprint density at radius 3 is 2.75 bits per heavy atom. The van der Waals surface area contributed by atoms with Crippen LogP contribution in [0.1, 0.15) is 5.56 Å². The Morgan fingerprint density at radius 1 is 1.40 bits per heavy atom. The van der Waals surface area contributed by atoms with E-state index in [4.69, 9.17) is 22.7 Å². The van der Waals surface area contributed by atoms with Gasteiger partial charge in [0.15, 0.2) is 0 Å². The van der Waals surface area contributed by atoms with E-state index in [1.54, 1.807) is 11.8 Å². The summed E-state index contributed by atoms with van der Waals surface area (Å²) in [6.45, 7) is 3.07. The zero-order valence-electron chi connectivity index (χ0n) is 12.3. The van der Waals surface area contributed by atoms with Gasteiger partial charge in [-0.3, -0.25) is 0 Å². The number of hydrogen-bond acceptors (Lipinski definition) is 5. The molecule has 0 fully saturated rings. The molecule has 1 aromatic rings. The van der Waals surface area contributed by atoms with Crippen LogP contribution in [0, 0.1) is 0 Å². The van der Waals surface area contributed by atoms with E-state index in [0.29, 0.717) is 11.6 Å². The molecule has 0 saturated heterocycles. The van der Waals surface area contributed by atoms with Crippen LogP contribution in [0.25, 0.3) is 0 Å². The van der Waals surface area contributed by atoms with Crippen LogP contribution in [-0.4, -0.2) is 56.5 Å². The first-order valence-electron chi connectivity index (χ1n) is 6.49. The number of ether oxygens (including phenoxy) is 1. The molecule has 0 amide bonds.